The fraction of sp³-hybridized carbons (Fsp3) is 0.150. The lowest BCUT2D eigenvalue weighted by Crippen LogP contribution is -2.48. The molecule has 2 atom stereocenters. The highest BCUT2D eigenvalue weighted by Crippen LogP contribution is 2.26. The Kier molecular flexibility index (Phi) is 5.51. The standard InChI is InChI=1S/C20H18N4O3/c21-19(26)18(25)17(9-13-5-2-1-3-6-13)24-20(27)16-12-23-11-15(16)14-7-4-8-22-10-14/h1-8,10-12,15,17H,9H2,(H2,21,26)(H,24,27). The molecule has 2 heterocycles. The first-order valence-electron chi connectivity index (χ1n) is 8.38. The van der Waals surface area contributed by atoms with Crippen LogP contribution in [0.2, 0.25) is 0 Å². The van der Waals surface area contributed by atoms with E-state index in [1.165, 1.54) is 6.20 Å². The number of amides is 2. The molecule has 2 aromatic rings. The number of rotatable bonds is 7. The second-order valence-corrected chi connectivity index (χ2v) is 6.09. The molecule has 3 rings (SSSR count). The van der Waals surface area contributed by atoms with Crippen molar-refractivity contribution >= 4 is 23.8 Å². The zero-order valence-corrected chi connectivity index (χ0v) is 14.4. The van der Waals surface area contributed by atoms with E-state index in [1.54, 1.807) is 24.7 Å². The Morgan fingerprint density at radius 2 is 1.89 bits per heavy atom. The summed E-state index contributed by atoms with van der Waals surface area (Å²) in [5.74, 6) is -2.77. The van der Waals surface area contributed by atoms with Gasteiger partial charge in [-0.1, -0.05) is 36.4 Å². The second-order valence-electron chi connectivity index (χ2n) is 6.09. The summed E-state index contributed by atoms with van der Waals surface area (Å²) >= 11 is 0. The Morgan fingerprint density at radius 3 is 2.56 bits per heavy atom. The molecule has 0 aliphatic carbocycles. The fourth-order valence-electron chi connectivity index (χ4n) is 2.87. The van der Waals surface area contributed by atoms with Gasteiger partial charge in [0.1, 0.15) is 6.04 Å². The van der Waals surface area contributed by atoms with Crippen molar-refractivity contribution in [2.24, 2.45) is 10.7 Å². The largest absolute Gasteiger partial charge is 0.363 e. The molecule has 0 fully saturated rings. The van der Waals surface area contributed by atoms with Crippen LogP contribution >= 0.6 is 0 Å². The van der Waals surface area contributed by atoms with Gasteiger partial charge in [-0.25, -0.2) is 0 Å². The van der Waals surface area contributed by atoms with Gasteiger partial charge < -0.3 is 11.1 Å². The Hall–Kier alpha value is -3.61. The molecule has 2 amide bonds. The number of nitrogens with one attached hydrogen (secondary N) is 1. The lowest BCUT2D eigenvalue weighted by Gasteiger charge is -2.19. The SMILES string of the molecule is NC(=O)C(=O)C(Cc1ccccc1)NC(=O)C1=CN=CC1c1cccnc1. The van der Waals surface area contributed by atoms with E-state index >= 15 is 0 Å². The van der Waals surface area contributed by atoms with Crippen molar-refractivity contribution in [2.75, 3.05) is 0 Å². The highest BCUT2D eigenvalue weighted by molar-refractivity contribution is 6.38. The third-order valence-electron chi connectivity index (χ3n) is 4.24. The number of Topliss-reactive ketones (excluding diaryl/α,β-unsaturated/α-hetero) is 1. The first-order chi connectivity index (χ1) is 13.1. The number of hydrogen-bond acceptors (Lipinski definition) is 5. The summed E-state index contributed by atoms with van der Waals surface area (Å²) in [7, 11) is 0. The number of carbonyl (C=O) groups is 3. The van der Waals surface area contributed by atoms with Crippen LogP contribution in [-0.4, -0.2) is 34.8 Å². The molecule has 1 aromatic carbocycles. The van der Waals surface area contributed by atoms with E-state index in [2.05, 4.69) is 15.3 Å². The minimum atomic E-state index is -1.09. The van der Waals surface area contributed by atoms with Crippen LogP contribution in [0.3, 0.4) is 0 Å². The molecule has 3 N–H and O–H groups in total. The number of benzene rings is 1. The zero-order chi connectivity index (χ0) is 19.2. The number of aliphatic imine (C=N–C) groups is 1. The Balaban J connectivity index is 1.78. The van der Waals surface area contributed by atoms with Gasteiger partial charge in [-0.2, -0.15) is 0 Å². The van der Waals surface area contributed by atoms with Crippen molar-refractivity contribution in [3.8, 4) is 0 Å². The third kappa shape index (κ3) is 4.33. The van der Waals surface area contributed by atoms with E-state index in [0.717, 1.165) is 11.1 Å². The Bertz CT molecular complexity index is 907. The van der Waals surface area contributed by atoms with E-state index in [0.29, 0.717) is 5.57 Å². The fourth-order valence-corrected chi connectivity index (χ4v) is 2.87. The van der Waals surface area contributed by atoms with E-state index < -0.39 is 23.6 Å². The molecular formula is C20H18N4O3. The number of primary amides is 1. The van der Waals surface area contributed by atoms with Crippen LogP contribution in [0.1, 0.15) is 17.0 Å². The highest BCUT2D eigenvalue weighted by atomic mass is 16.2. The zero-order valence-electron chi connectivity index (χ0n) is 14.4. The Labute approximate surface area is 156 Å². The average Bonchev–Trinajstić information content (AvgIpc) is 3.18. The topological polar surface area (TPSA) is 115 Å². The summed E-state index contributed by atoms with van der Waals surface area (Å²) in [4.78, 5) is 44.5. The minimum absolute atomic E-state index is 0.167. The van der Waals surface area contributed by atoms with Gasteiger partial charge in [0.15, 0.2) is 0 Å². The lowest BCUT2D eigenvalue weighted by atomic mass is 9.94. The predicted octanol–water partition coefficient (Wildman–Crippen LogP) is 0.915. The van der Waals surface area contributed by atoms with Gasteiger partial charge in [0.25, 0.3) is 5.91 Å². The van der Waals surface area contributed by atoms with Crippen molar-refractivity contribution in [3.05, 3.63) is 77.8 Å². The van der Waals surface area contributed by atoms with Crippen LogP contribution in [0, 0.1) is 0 Å². The van der Waals surface area contributed by atoms with Gasteiger partial charge >= 0.3 is 0 Å². The molecule has 2 unspecified atom stereocenters. The minimum Gasteiger partial charge on any atom is -0.363 e. The summed E-state index contributed by atoms with van der Waals surface area (Å²) in [6, 6.07) is 11.6. The molecule has 1 aromatic heterocycles. The maximum Gasteiger partial charge on any atom is 0.287 e. The lowest BCUT2D eigenvalue weighted by molar-refractivity contribution is -0.138. The smallest absolute Gasteiger partial charge is 0.287 e. The molecule has 7 heteroatoms. The van der Waals surface area contributed by atoms with E-state index in [9.17, 15) is 14.4 Å². The van der Waals surface area contributed by atoms with Gasteiger partial charge in [-0.15, -0.1) is 0 Å². The van der Waals surface area contributed by atoms with Crippen LogP contribution in [0.5, 0.6) is 0 Å². The normalized spacial score (nSPS) is 16.4. The monoisotopic (exact) mass is 362 g/mol. The van der Waals surface area contributed by atoms with Gasteiger partial charge in [0.2, 0.25) is 11.7 Å². The van der Waals surface area contributed by atoms with Crippen LogP contribution in [0.25, 0.3) is 0 Å². The molecular weight excluding hydrogens is 344 g/mol. The number of hydrogen-bond donors (Lipinski definition) is 2. The number of nitrogens with zero attached hydrogens (tertiary/aromatic N) is 2. The molecule has 1 aliphatic rings. The summed E-state index contributed by atoms with van der Waals surface area (Å²) in [5.41, 5.74) is 7.13. The molecule has 1 aliphatic heterocycles. The molecule has 0 spiro atoms. The summed E-state index contributed by atoms with van der Waals surface area (Å²) in [5, 5.41) is 2.63. The number of nitrogens with two attached hydrogens (primary N) is 1. The quantitative estimate of drug-likeness (QED) is 0.713. The van der Waals surface area contributed by atoms with Crippen molar-refractivity contribution < 1.29 is 14.4 Å². The molecule has 0 saturated heterocycles. The molecule has 0 bridgehead atoms. The van der Waals surface area contributed by atoms with E-state index in [1.807, 2.05) is 36.4 Å². The number of aromatic nitrogens is 1. The Morgan fingerprint density at radius 1 is 1.11 bits per heavy atom. The third-order valence-corrected chi connectivity index (χ3v) is 4.24. The van der Waals surface area contributed by atoms with Gasteiger partial charge in [0, 0.05) is 36.8 Å². The first kappa shape index (κ1) is 18.2. The van der Waals surface area contributed by atoms with Crippen molar-refractivity contribution in [2.45, 2.75) is 18.4 Å². The molecule has 136 valence electrons. The van der Waals surface area contributed by atoms with Crippen LogP contribution in [0.4, 0.5) is 0 Å². The van der Waals surface area contributed by atoms with E-state index in [4.69, 9.17) is 5.73 Å². The van der Waals surface area contributed by atoms with Crippen molar-refractivity contribution in [1.82, 2.24) is 10.3 Å². The molecule has 0 saturated carbocycles. The van der Waals surface area contributed by atoms with Crippen LogP contribution < -0.4 is 11.1 Å². The van der Waals surface area contributed by atoms with Crippen molar-refractivity contribution in [3.63, 3.8) is 0 Å². The predicted molar refractivity (Wildman–Crippen MR) is 99.8 cm³/mol. The summed E-state index contributed by atoms with van der Waals surface area (Å²) in [6.07, 6.45) is 6.54. The summed E-state index contributed by atoms with van der Waals surface area (Å²) < 4.78 is 0. The van der Waals surface area contributed by atoms with Crippen molar-refractivity contribution in [1.29, 1.82) is 0 Å². The number of ketones is 1. The molecule has 0 radical (unpaired) electrons. The molecule has 27 heavy (non-hydrogen) atoms. The number of pyridine rings is 1. The van der Waals surface area contributed by atoms with Crippen LogP contribution in [0.15, 0.2) is 71.6 Å². The first-order valence-corrected chi connectivity index (χ1v) is 8.38. The maximum atomic E-state index is 12.8. The van der Waals surface area contributed by atoms with Gasteiger partial charge in [-0.3, -0.25) is 24.4 Å². The van der Waals surface area contributed by atoms with Gasteiger partial charge in [-0.05, 0) is 17.2 Å². The molecule has 7 nitrogen and oxygen atoms in total. The summed E-state index contributed by atoms with van der Waals surface area (Å²) in [6.45, 7) is 0. The van der Waals surface area contributed by atoms with E-state index in [-0.39, 0.29) is 12.3 Å². The highest BCUT2D eigenvalue weighted by Gasteiger charge is 2.30. The maximum absolute atomic E-state index is 12.8. The van der Waals surface area contributed by atoms with Crippen LogP contribution in [-0.2, 0) is 20.8 Å². The van der Waals surface area contributed by atoms with Gasteiger partial charge in [0.05, 0.1) is 5.92 Å². The second kappa shape index (κ2) is 8.18. The number of carbonyl (C=O) groups excluding carboxylic acids is 3. The average molecular weight is 362 g/mol.